The first-order valence-corrected chi connectivity index (χ1v) is 3.84. The Labute approximate surface area is 52.0 Å². The Morgan fingerprint density at radius 3 is 1.38 bits per heavy atom. The van der Waals surface area contributed by atoms with Crippen molar-refractivity contribution in [3.8, 4) is 0 Å². The average molecular weight is 158 g/mol. The van der Waals surface area contributed by atoms with Crippen molar-refractivity contribution in [3.63, 3.8) is 0 Å². The van der Waals surface area contributed by atoms with Crippen LogP contribution in [0.3, 0.4) is 0 Å². The van der Waals surface area contributed by atoms with Crippen LogP contribution in [0, 0.1) is 0 Å². The molecule has 0 saturated heterocycles. The fourth-order valence-electron chi connectivity index (χ4n) is 0. The molecule has 48 valence electrons. The summed E-state index contributed by atoms with van der Waals surface area (Å²) < 4.78 is 23.2. The van der Waals surface area contributed by atoms with E-state index in [0.29, 0.717) is 0 Å². The molecule has 8 heavy (non-hydrogen) atoms. The van der Waals surface area contributed by atoms with Crippen molar-refractivity contribution in [1.29, 1.82) is 0 Å². The Hall–Kier alpha value is 0.562. The van der Waals surface area contributed by atoms with Gasteiger partial charge < -0.3 is 14.7 Å². The fraction of sp³-hybridized carbons (Fsp3) is 0. The Bertz CT molecular complexity index is 64.3. The first-order valence-electron chi connectivity index (χ1n) is 1.28. The number of rotatable bonds is 0. The van der Waals surface area contributed by atoms with Gasteiger partial charge in [0, 0.05) is 0 Å². The monoisotopic (exact) mass is 158 g/mol. The molecule has 0 radical (unpaired) electrons. The van der Waals surface area contributed by atoms with E-state index in [1.165, 1.54) is 0 Å². The Balaban J connectivity index is 0. The summed E-state index contributed by atoms with van der Waals surface area (Å²) in [4.78, 5) is 22.9. The second-order valence-electron chi connectivity index (χ2n) is 0.606. The van der Waals surface area contributed by atoms with E-state index >= 15 is 0 Å². The normalized spacial score (nSPS) is 8.62. The number of hydrogen-bond acceptors (Lipinski definition) is 4. The summed E-state index contributed by atoms with van der Waals surface area (Å²) in [7, 11) is -4.89. The van der Waals surface area contributed by atoms with E-state index in [9.17, 15) is 0 Å². The van der Waals surface area contributed by atoms with Crippen LogP contribution in [-0.4, -0.2) is 34.0 Å². The van der Waals surface area contributed by atoms with Crippen molar-refractivity contribution in [2.24, 2.45) is 0 Å². The summed E-state index contributed by atoms with van der Waals surface area (Å²) in [5, 5.41) is 0. The molecular weight excluding hydrogens is 154 g/mol. The Morgan fingerprint density at radius 2 is 1.38 bits per heavy atom. The van der Waals surface area contributed by atoms with Crippen molar-refractivity contribution in [3.05, 3.63) is 0 Å². The molecule has 0 bridgehead atoms. The molecular formula is H4AlO6P. The maximum absolute atomic E-state index is 8.77. The first kappa shape index (κ1) is 11.4. The molecule has 4 N–H and O–H groups in total. The zero-order valence-corrected chi connectivity index (χ0v) is 5.68. The van der Waals surface area contributed by atoms with Crippen LogP contribution >= 0.6 is 7.82 Å². The van der Waals surface area contributed by atoms with E-state index in [2.05, 4.69) is 0 Å². The molecule has 0 aromatic rings. The molecule has 0 aliphatic rings. The van der Waals surface area contributed by atoms with Gasteiger partial charge in [-0.2, -0.15) is 0 Å². The quantitative estimate of drug-likeness (QED) is 0.219. The van der Waals surface area contributed by atoms with Crippen LogP contribution < -0.4 is 4.89 Å². The topological polar surface area (TPSA) is 121 Å². The van der Waals surface area contributed by atoms with Crippen LogP contribution in [0.4, 0.5) is 0 Å². The van der Waals surface area contributed by atoms with Gasteiger partial charge in [-0.15, -0.1) is 0 Å². The van der Waals surface area contributed by atoms with E-state index < -0.39 is 23.7 Å². The Morgan fingerprint density at radius 1 is 1.38 bits per heavy atom. The molecule has 0 heterocycles. The van der Waals surface area contributed by atoms with Gasteiger partial charge in [-0.3, -0.25) is 4.57 Å². The summed E-state index contributed by atoms with van der Waals surface area (Å²) in [5.41, 5.74) is 0. The van der Waals surface area contributed by atoms with Crippen LogP contribution in [0.5, 0.6) is 0 Å². The van der Waals surface area contributed by atoms with Gasteiger partial charge in [0.2, 0.25) is 0 Å². The van der Waals surface area contributed by atoms with E-state index in [1.807, 2.05) is 0 Å². The average Bonchev–Trinajstić information content (AvgIpc) is 1.27. The van der Waals surface area contributed by atoms with Crippen molar-refractivity contribution in [2.45, 2.75) is 0 Å². The second kappa shape index (κ2) is 5.69. The first-order chi connectivity index (χ1) is 3.41. The van der Waals surface area contributed by atoms with Crippen molar-refractivity contribution < 1.29 is 27.6 Å². The minimum absolute atomic E-state index is 1.25. The van der Waals surface area contributed by atoms with Crippen molar-refractivity contribution in [2.75, 3.05) is 0 Å². The van der Waals surface area contributed by atoms with Gasteiger partial charge in [0.15, 0.2) is 0 Å². The molecule has 0 saturated carbocycles. The van der Waals surface area contributed by atoms with Crippen molar-refractivity contribution in [1.82, 2.24) is 0 Å². The molecule has 0 fully saturated rings. The van der Waals surface area contributed by atoms with Crippen LogP contribution in [0.25, 0.3) is 0 Å². The van der Waals surface area contributed by atoms with Gasteiger partial charge in [0.05, 0.1) is 0 Å². The molecule has 0 aliphatic heterocycles. The van der Waals surface area contributed by atoms with Gasteiger partial charge in [-0.05, 0) is 0 Å². The molecule has 0 aromatic carbocycles. The predicted molar refractivity (Wildman–Crippen MR) is 22.2 cm³/mol. The number of hydrogen-bond donors (Lipinski definition) is 4. The van der Waals surface area contributed by atoms with Crippen LogP contribution in [-0.2, 0) is 4.57 Å². The summed E-state index contributed by atoms with van der Waals surface area (Å²) in [6.45, 7) is 0. The molecule has 0 aromatic heterocycles. The molecule has 0 unspecified atom stereocenters. The third-order valence-electron chi connectivity index (χ3n) is 0. The minimum atomic E-state index is -4.89. The van der Waals surface area contributed by atoms with Gasteiger partial charge in [0.1, 0.15) is 0 Å². The summed E-state index contributed by atoms with van der Waals surface area (Å²) in [6.07, 6.45) is 0. The molecule has 0 spiro atoms. The van der Waals surface area contributed by atoms with E-state index in [1.54, 1.807) is 0 Å². The summed E-state index contributed by atoms with van der Waals surface area (Å²) >= 11 is -1.25. The van der Waals surface area contributed by atoms with Crippen LogP contribution in [0.1, 0.15) is 0 Å². The standard InChI is InChI=1S/Al.H3O4P.2H2O/c;1-5(2,3)4;;/h;(H3,1,2,3,4);2*1H2/q+3;;;/p-3. The third-order valence-corrected chi connectivity index (χ3v) is 0. The van der Waals surface area contributed by atoms with E-state index in [0.717, 1.165) is 0 Å². The van der Waals surface area contributed by atoms with Gasteiger partial charge in [0.25, 0.3) is 7.82 Å². The third kappa shape index (κ3) is 642. The zero-order valence-electron chi connectivity index (χ0n) is 3.63. The van der Waals surface area contributed by atoms with Crippen LogP contribution in [0.15, 0.2) is 0 Å². The molecule has 0 rings (SSSR count). The van der Waals surface area contributed by atoms with Crippen molar-refractivity contribution >= 4 is 23.7 Å². The maximum atomic E-state index is 8.77. The van der Waals surface area contributed by atoms with E-state index in [-0.39, 0.29) is 0 Å². The fourth-order valence-corrected chi connectivity index (χ4v) is 0. The predicted octanol–water partition coefficient (Wildman–Crippen LogP) is -3.06. The van der Waals surface area contributed by atoms with Gasteiger partial charge >= 0.3 is 24.2 Å². The SMILES string of the molecule is O=P([O-])(O)O.[OH][Al+][OH]. The number of phosphoric acid groups is 1. The summed E-state index contributed by atoms with van der Waals surface area (Å²) in [5.74, 6) is 0. The molecule has 8 heteroatoms. The van der Waals surface area contributed by atoms with E-state index in [4.69, 9.17) is 27.6 Å². The van der Waals surface area contributed by atoms with Gasteiger partial charge in [-0.1, -0.05) is 0 Å². The Kier molecular flexibility index (Phi) is 8.09. The summed E-state index contributed by atoms with van der Waals surface area (Å²) in [6, 6.07) is 0. The molecule has 0 amide bonds. The second-order valence-corrected chi connectivity index (χ2v) is 1.82. The zero-order chi connectivity index (χ0) is 7.21. The van der Waals surface area contributed by atoms with Gasteiger partial charge in [-0.25, -0.2) is 0 Å². The molecule has 0 atom stereocenters. The molecule has 6 nitrogen and oxygen atoms in total. The van der Waals surface area contributed by atoms with Crippen LogP contribution in [0.2, 0.25) is 0 Å². The molecule has 0 aliphatic carbocycles.